The Morgan fingerprint density at radius 1 is 1.57 bits per heavy atom. The van der Waals surface area contributed by atoms with E-state index in [1.807, 2.05) is 0 Å². The van der Waals surface area contributed by atoms with Gasteiger partial charge in [0.2, 0.25) is 0 Å². The predicted octanol–water partition coefficient (Wildman–Crippen LogP) is 2.16. The molecule has 6 heteroatoms. The quantitative estimate of drug-likeness (QED) is 0.804. The van der Waals surface area contributed by atoms with Gasteiger partial charge >= 0.3 is 5.97 Å². The first-order chi connectivity index (χ1) is 6.45. The molecule has 1 N–H and O–H groups in total. The lowest BCUT2D eigenvalue weighted by atomic mass is 10.1. The Bertz CT molecular complexity index is 379. The van der Waals surface area contributed by atoms with Crippen LogP contribution in [0.15, 0.2) is 6.20 Å². The summed E-state index contributed by atoms with van der Waals surface area (Å²) < 4.78 is 37.4. The zero-order valence-corrected chi connectivity index (χ0v) is 7.09. The van der Waals surface area contributed by atoms with Crippen LogP contribution in [0, 0.1) is 12.7 Å². The van der Waals surface area contributed by atoms with Gasteiger partial charge in [-0.1, -0.05) is 0 Å². The van der Waals surface area contributed by atoms with Crippen molar-refractivity contribution in [2.75, 3.05) is 0 Å². The summed E-state index contributed by atoms with van der Waals surface area (Å²) in [5, 5.41) is 8.53. The molecular weight excluding hydrogens is 199 g/mol. The van der Waals surface area contributed by atoms with Crippen molar-refractivity contribution in [2.24, 2.45) is 0 Å². The van der Waals surface area contributed by atoms with E-state index in [-0.39, 0.29) is 5.69 Å². The fourth-order valence-corrected chi connectivity index (χ4v) is 0.992. The number of hydrogen-bond acceptors (Lipinski definition) is 2. The number of pyridine rings is 1. The second-order valence-corrected chi connectivity index (χ2v) is 2.59. The molecule has 0 aliphatic rings. The number of aromatic nitrogens is 1. The van der Waals surface area contributed by atoms with E-state index in [9.17, 15) is 18.0 Å². The third-order valence-electron chi connectivity index (χ3n) is 1.68. The number of nitrogens with zero attached hydrogens (tertiary/aromatic N) is 1. The maximum absolute atomic E-state index is 13.1. The van der Waals surface area contributed by atoms with Gasteiger partial charge in [-0.15, -0.1) is 0 Å². The van der Waals surface area contributed by atoms with Gasteiger partial charge in [0.15, 0.2) is 0 Å². The minimum Gasteiger partial charge on any atom is -0.478 e. The second-order valence-electron chi connectivity index (χ2n) is 2.59. The molecule has 0 saturated carbocycles. The van der Waals surface area contributed by atoms with Gasteiger partial charge in [-0.05, 0) is 6.92 Å². The Kier molecular flexibility index (Phi) is 2.73. The number of carboxylic acid groups (broad SMARTS) is 1. The van der Waals surface area contributed by atoms with Gasteiger partial charge < -0.3 is 5.11 Å². The molecule has 0 aliphatic carbocycles. The number of alkyl halides is 2. The fourth-order valence-electron chi connectivity index (χ4n) is 0.992. The molecule has 0 radical (unpaired) electrons. The monoisotopic (exact) mass is 205 g/mol. The van der Waals surface area contributed by atoms with E-state index in [1.165, 1.54) is 6.92 Å². The molecule has 3 nitrogen and oxygen atoms in total. The number of carboxylic acids is 1. The van der Waals surface area contributed by atoms with E-state index >= 15 is 0 Å². The average Bonchev–Trinajstić information content (AvgIpc) is 2.02. The highest BCUT2D eigenvalue weighted by Crippen LogP contribution is 2.24. The van der Waals surface area contributed by atoms with Gasteiger partial charge in [-0.25, -0.2) is 18.0 Å². The van der Waals surface area contributed by atoms with Crippen LogP contribution in [0.4, 0.5) is 13.2 Å². The molecule has 1 rings (SSSR count). The van der Waals surface area contributed by atoms with Crippen LogP contribution >= 0.6 is 0 Å². The first kappa shape index (κ1) is 10.5. The van der Waals surface area contributed by atoms with Crippen molar-refractivity contribution in [1.82, 2.24) is 4.98 Å². The zero-order valence-electron chi connectivity index (χ0n) is 7.09. The lowest BCUT2D eigenvalue weighted by molar-refractivity contribution is 0.0688. The summed E-state index contributed by atoms with van der Waals surface area (Å²) in [5.74, 6) is -3.02. The highest BCUT2D eigenvalue weighted by Gasteiger charge is 2.22. The van der Waals surface area contributed by atoms with Crippen LogP contribution in [-0.4, -0.2) is 16.1 Å². The molecule has 76 valence electrons. The van der Waals surface area contributed by atoms with Gasteiger partial charge in [-0.3, -0.25) is 4.98 Å². The maximum Gasteiger partial charge on any atom is 0.340 e. The first-order valence-corrected chi connectivity index (χ1v) is 3.61. The van der Waals surface area contributed by atoms with Crippen LogP contribution in [0.1, 0.15) is 28.0 Å². The normalized spacial score (nSPS) is 10.6. The molecule has 1 heterocycles. The number of carbonyl (C=O) groups is 1. The van der Waals surface area contributed by atoms with Crippen LogP contribution in [-0.2, 0) is 0 Å². The molecule has 0 spiro atoms. The lowest BCUT2D eigenvalue weighted by Gasteiger charge is -2.06. The Morgan fingerprint density at radius 3 is 2.57 bits per heavy atom. The summed E-state index contributed by atoms with van der Waals surface area (Å²) in [4.78, 5) is 13.9. The van der Waals surface area contributed by atoms with E-state index < -0.39 is 29.3 Å². The van der Waals surface area contributed by atoms with Gasteiger partial charge in [0.05, 0.1) is 11.3 Å². The molecule has 0 unspecified atom stereocenters. The Hall–Kier alpha value is -1.59. The zero-order chi connectivity index (χ0) is 10.9. The molecule has 0 atom stereocenters. The standard InChI is InChI=1S/C8H6F3NO2/c1-3-5(8(13)14)6(9)4(2-12-3)7(10)11/h2,7H,1H3,(H,13,14). The van der Waals surface area contributed by atoms with Crippen molar-refractivity contribution < 1.29 is 23.1 Å². The van der Waals surface area contributed by atoms with Crippen LogP contribution < -0.4 is 0 Å². The second kappa shape index (κ2) is 3.65. The van der Waals surface area contributed by atoms with Crippen molar-refractivity contribution in [3.8, 4) is 0 Å². The number of rotatable bonds is 2. The number of halogens is 3. The Morgan fingerprint density at radius 2 is 2.14 bits per heavy atom. The van der Waals surface area contributed by atoms with E-state index in [0.29, 0.717) is 6.20 Å². The Balaban J connectivity index is 3.41. The first-order valence-electron chi connectivity index (χ1n) is 3.61. The predicted molar refractivity (Wildman–Crippen MR) is 40.8 cm³/mol. The SMILES string of the molecule is Cc1ncc(C(F)F)c(F)c1C(=O)O. The summed E-state index contributed by atoms with van der Waals surface area (Å²) in [7, 11) is 0. The maximum atomic E-state index is 13.1. The summed E-state index contributed by atoms with van der Waals surface area (Å²) in [5.41, 5.74) is -1.92. The fraction of sp³-hybridized carbons (Fsp3) is 0.250. The molecule has 0 amide bonds. The number of aryl methyl sites for hydroxylation is 1. The van der Waals surface area contributed by atoms with Crippen LogP contribution in [0.25, 0.3) is 0 Å². The van der Waals surface area contributed by atoms with Gasteiger partial charge in [0, 0.05) is 6.20 Å². The molecule has 0 bridgehead atoms. The Labute approximate surface area is 77.2 Å². The smallest absolute Gasteiger partial charge is 0.340 e. The third kappa shape index (κ3) is 1.68. The molecule has 0 fully saturated rings. The molecule has 1 aromatic heterocycles. The molecule has 0 aliphatic heterocycles. The number of hydrogen-bond donors (Lipinski definition) is 1. The summed E-state index contributed by atoms with van der Waals surface area (Å²) >= 11 is 0. The summed E-state index contributed by atoms with van der Waals surface area (Å²) in [6.07, 6.45) is -2.43. The van der Waals surface area contributed by atoms with Crippen molar-refractivity contribution in [1.29, 1.82) is 0 Å². The van der Waals surface area contributed by atoms with Crippen LogP contribution in [0.5, 0.6) is 0 Å². The minimum atomic E-state index is -3.07. The minimum absolute atomic E-state index is 0.126. The molecule has 0 saturated heterocycles. The van der Waals surface area contributed by atoms with E-state index in [0.717, 1.165) is 0 Å². The topological polar surface area (TPSA) is 50.2 Å². The lowest BCUT2D eigenvalue weighted by Crippen LogP contribution is -2.08. The van der Waals surface area contributed by atoms with Crippen molar-refractivity contribution in [3.05, 3.63) is 28.8 Å². The summed E-state index contributed by atoms with van der Waals surface area (Å²) in [6, 6.07) is 0. The molecular formula is C8H6F3NO2. The van der Waals surface area contributed by atoms with Crippen molar-refractivity contribution in [3.63, 3.8) is 0 Å². The molecule has 14 heavy (non-hydrogen) atoms. The van der Waals surface area contributed by atoms with E-state index in [2.05, 4.69) is 4.98 Å². The third-order valence-corrected chi connectivity index (χ3v) is 1.68. The average molecular weight is 205 g/mol. The molecule has 1 aromatic rings. The van der Waals surface area contributed by atoms with Crippen molar-refractivity contribution >= 4 is 5.97 Å². The number of aromatic carboxylic acids is 1. The summed E-state index contributed by atoms with van der Waals surface area (Å²) in [6.45, 7) is 1.24. The molecule has 0 aromatic carbocycles. The largest absolute Gasteiger partial charge is 0.478 e. The van der Waals surface area contributed by atoms with Crippen molar-refractivity contribution in [2.45, 2.75) is 13.3 Å². The van der Waals surface area contributed by atoms with E-state index in [1.54, 1.807) is 0 Å². The van der Waals surface area contributed by atoms with Crippen LogP contribution in [0.2, 0.25) is 0 Å². The van der Waals surface area contributed by atoms with Crippen LogP contribution in [0.3, 0.4) is 0 Å². The van der Waals surface area contributed by atoms with E-state index in [4.69, 9.17) is 5.11 Å². The van der Waals surface area contributed by atoms with Gasteiger partial charge in [0.1, 0.15) is 11.4 Å². The highest BCUT2D eigenvalue weighted by molar-refractivity contribution is 5.89. The highest BCUT2D eigenvalue weighted by atomic mass is 19.3. The van der Waals surface area contributed by atoms with Gasteiger partial charge in [-0.2, -0.15) is 0 Å². The van der Waals surface area contributed by atoms with Gasteiger partial charge in [0.25, 0.3) is 6.43 Å².